The highest BCUT2D eigenvalue weighted by molar-refractivity contribution is 14.0. The Morgan fingerprint density at radius 1 is 1.75 bits per heavy atom. The summed E-state index contributed by atoms with van der Waals surface area (Å²) >= 11 is 1.68. The van der Waals surface area contributed by atoms with Gasteiger partial charge in [-0.05, 0) is 6.42 Å². The number of hydrogen-bond acceptors (Lipinski definition) is 3. The summed E-state index contributed by atoms with van der Waals surface area (Å²) in [5.74, 6) is 0.433. The number of aliphatic imine (C=N–C) groups is 1. The molecule has 0 aliphatic heterocycles. The minimum Gasteiger partial charge on any atom is -0.370 e. The van der Waals surface area contributed by atoms with E-state index in [0.717, 1.165) is 11.4 Å². The number of rotatable bonds is 5. The van der Waals surface area contributed by atoms with Gasteiger partial charge in [0.25, 0.3) is 0 Å². The zero-order valence-corrected chi connectivity index (χ0v) is 12.4. The highest BCUT2D eigenvalue weighted by Crippen LogP contribution is 2.13. The molecule has 4 nitrogen and oxygen atoms in total. The monoisotopic (exact) mass is 352 g/mol. The van der Waals surface area contributed by atoms with Crippen LogP contribution in [0.15, 0.2) is 23.8 Å². The molecule has 6 heteroatoms. The van der Waals surface area contributed by atoms with Crippen molar-refractivity contribution in [3.63, 3.8) is 0 Å². The number of nitrogens with one attached hydrogen (secondary N) is 1. The number of aryl methyl sites for hydroxylation is 1. The van der Waals surface area contributed by atoms with E-state index in [1.54, 1.807) is 17.4 Å². The van der Waals surface area contributed by atoms with Crippen LogP contribution in [0.2, 0.25) is 0 Å². The largest absolute Gasteiger partial charge is 0.370 e. The first-order chi connectivity index (χ1) is 7.26. The summed E-state index contributed by atoms with van der Waals surface area (Å²) in [7, 11) is 0. The van der Waals surface area contributed by atoms with Gasteiger partial charge in [0.05, 0.1) is 6.54 Å². The lowest BCUT2D eigenvalue weighted by Crippen LogP contribution is -2.31. The van der Waals surface area contributed by atoms with Crippen molar-refractivity contribution < 1.29 is 0 Å². The van der Waals surface area contributed by atoms with Crippen LogP contribution < -0.4 is 11.1 Å². The standard InChI is InChI=1S/C10H16N4S.HI/c1-3-5-12-10(11)14-7-9-13-6-8(4-2)15-9;/h3,6H,1,4-5,7H2,2H3,(H3,11,12,14);1H. The average molecular weight is 352 g/mol. The Labute approximate surface area is 117 Å². The maximum atomic E-state index is 5.61. The average Bonchev–Trinajstić information content (AvgIpc) is 2.71. The molecule has 1 aromatic rings. The molecular formula is C10H17IN4S. The molecule has 0 atom stereocenters. The zero-order valence-electron chi connectivity index (χ0n) is 9.27. The lowest BCUT2D eigenvalue weighted by Gasteiger charge is -2.00. The first kappa shape index (κ1) is 15.4. The SMILES string of the molecule is C=CCNC(N)=NCc1ncc(CC)s1.I. The third-order valence-corrected chi connectivity index (χ3v) is 2.89. The molecule has 90 valence electrons. The Morgan fingerprint density at radius 2 is 2.50 bits per heavy atom. The van der Waals surface area contributed by atoms with Crippen molar-refractivity contribution in [3.8, 4) is 0 Å². The molecule has 16 heavy (non-hydrogen) atoms. The lowest BCUT2D eigenvalue weighted by atomic mass is 10.4. The molecule has 1 heterocycles. The Balaban J connectivity index is 0.00000225. The van der Waals surface area contributed by atoms with Crippen LogP contribution in [-0.4, -0.2) is 17.5 Å². The molecule has 1 rings (SSSR count). The van der Waals surface area contributed by atoms with Crippen molar-refractivity contribution in [1.29, 1.82) is 0 Å². The molecule has 0 unspecified atom stereocenters. The third-order valence-electron chi connectivity index (χ3n) is 1.76. The maximum absolute atomic E-state index is 5.61. The van der Waals surface area contributed by atoms with E-state index >= 15 is 0 Å². The van der Waals surface area contributed by atoms with Crippen LogP contribution in [0, 0.1) is 0 Å². The number of hydrogen-bond donors (Lipinski definition) is 2. The minimum absolute atomic E-state index is 0. The Bertz CT molecular complexity index is 348. The van der Waals surface area contributed by atoms with Gasteiger partial charge in [0.15, 0.2) is 5.96 Å². The molecule has 0 aromatic carbocycles. The quantitative estimate of drug-likeness (QED) is 0.368. The van der Waals surface area contributed by atoms with Crippen LogP contribution >= 0.6 is 35.3 Å². The van der Waals surface area contributed by atoms with Gasteiger partial charge in [-0.15, -0.1) is 41.9 Å². The molecule has 0 amide bonds. The van der Waals surface area contributed by atoms with Crippen molar-refractivity contribution in [2.75, 3.05) is 6.54 Å². The van der Waals surface area contributed by atoms with Crippen LogP contribution in [-0.2, 0) is 13.0 Å². The van der Waals surface area contributed by atoms with Gasteiger partial charge in [-0.2, -0.15) is 0 Å². The molecule has 0 fully saturated rings. The summed E-state index contributed by atoms with van der Waals surface area (Å²) in [5, 5.41) is 3.91. The maximum Gasteiger partial charge on any atom is 0.189 e. The number of guanidine groups is 1. The van der Waals surface area contributed by atoms with E-state index in [1.807, 2.05) is 6.20 Å². The second-order valence-electron chi connectivity index (χ2n) is 2.94. The fourth-order valence-electron chi connectivity index (χ4n) is 0.970. The summed E-state index contributed by atoms with van der Waals surface area (Å²) in [5.41, 5.74) is 5.61. The Hall–Kier alpha value is -0.630. The van der Waals surface area contributed by atoms with E-state index in [-0.39, 0.29) is 24.0 Å². The van der Waals surface area contributed by atoms with Gasteiger partial charge in [-0.25, -0.2) is 9.98 Å². The first-order valence-electron chi connectivity index (χ1n) is 4.84. The van der Waals surface area contributed by atoms with E-state index < -0.39 is 0 Å². The molecule has 1 aromatic heterocycles. The van der Waals surface area contributed by atoms with E-state index in [4.69, 9.17) is 5.73 Å². The second-order valence-corrected chi connectivity index (χ2v) is 4.14. The summed E-state index contributed by atoms with van der Waals surface area (Å²) in [6.45, 7) is 6.87. The van der Waals surface area contributed by atoms with Gasteiger partial charge in [0, 0.05) is 17.6 Å². The summed E-state index contributed by atoms with van der Waals surface area (Å²) in [6.07, 6.45) is 4.65. The number of nitrogens with zero attached hydrogens (tertiary/aromatic N) is 2. The van der Waals surface area contributed by atoms with Crippen LogP contribution in [0.3, 0.4) is 0 Å². The van der Waals surface area contributed by atoms with Crippen molar-refractivity contribution in [1.82, 2.24) is 10.3 Å². The fraction of sp³-hybridized carbons (Fsp3) is 0.400. The smallest absolute Gasteiger partial charge is 0.189 e. The van der Waals surface area contributed by atoms with Gasteiger partial charge in [0.2, 0.25) is 0 Å². The molecule has 0 aliphatic carbocycles. The van der Waals surface area contributed by atoms with E-state index in [1.165, 1.54) is 4.88 Å². The summed E-state index contributed by atoms with van der Waals surface area (Å²) in [6, 6.07) is 0. The lowest BCUT2D eigenvalue weighted by molar-refractivity contribution is 0.961. The van der Waals surface area contributed by atoms with E-state index in [2.05, 4.69) is 28.8 Å². The van der Waals surface area contributed by atoms with Crippen molar-refractivity contribution in [3.05, 3.63) is 28.7 Å². The predicted octanol–water partition coefficient (Wildman–Crippen LogP) is 1.91. The fourth-order valence-corrected chi connectivity index (χ4v) is 1.76. The van der Waals surface area contributed by atoms with Crippen LogP contribution in [0.5, 0.6) is 0 Å². The molecule has 0 radical (unpaired) electrons. The molecule has 0 bridgehead atoms. The van der Waals surface area contributed by atoms with Crippen molar-refractivity contribution in [2.24, 2.45) is 10.7 Å². The number of halogens is 1. The van der Waals surface area contributed by atoms with Gasteiger partial charge in [-0.1, -0.05) is 13.0 Å². The van der Waals surface area contributed by atoms with Gasteiger partial charge < -0.3 is 11.1 Å². The highest BCUT2D eigenvalue weighted by atomic mass is 127. The molecular weight excluding hydrogens is 335 g/mol. The topological polar surface area (TPSA) is 63.3 Å². The van der Waals surface area contributed by atoms with Crippen molar-refractivity contribution >= 4 is 41.3 Å². The molecule has 3 N–H and O–H groups in total. The van der Waals surface area contributed by atoms with Crippen LogP contribution in [0.25, 0.3) is 0 Å². The molecule has 0 saturated carbocycles. The predicted molar refractivity (Wildman–Crippen MR) is 80.4 cm³/mol. The highest BCUT2D eigenvalue weighted by Gasteiger charge is 1.99. The third kappa shape index (κ3) is 5.45. The Morgan fingerprint density at radius 3 is 3.06 bits per heavy atom. The first-order valence-corrected chi connectivity index (χ1v) is 5.66. The Kier molecular flexibility index (Phi) is 8.18. The number of nitrogens with two attached hydrogens (primary N) is 1. The zero-order chi connectivity index (χ0) is 11.1. The number of aromatic nitrogens is 1. The van der Waals surface area contributed by atoms with Gasteiger partial charge >= 0.3 is 0 Å². The molecule has 0 saturated heterocycles. The van der Waals surface area contributed by atoms with E-state index in [9.17, 15) is 0 Å². The van der Waals surface area contributed by atoms with Crippen molar-refractivity contribution in [2.45, 2.75) is 19.9 Å². The molecule has 0 spiro atoms. The van der Waals surface area contributed by atoms with Crippen LogP contribution in [0.4, 0.5) is 0 Å². The van der Waals surface area contributed by atoms with Crippen LogP contribution in [0.1, 0.15) is 16.8 Å². The van der Waals surface area contributed by atoms with E-state index in [0.29, 0.717) is 19.0 Å². The van der Waals surface area contributed by atoms with Gasteiger partial charge in [-0.3, -0.25) is 0 Å². The summed E-state index contributed by atoms with van der Waals surface area (Å²) < 4.78 is 0. The second kappa shape index (κ2) is 8.51. The molecule has 0 aliphatic rings. The normalized spacial score (nSPS) is 10.7. The summed E-state index contributed by atoms with van der Waals surface area (Å²) in [4.78, 5) is 9.69. The minimum atomic E-state index is 0. The number of thiazole rings is 1. The van der Waals surface area contributed by atoms with Gasteiger partial charge in [0.1, 0.15) is 5.01 Å².